The Labute approximate surface area is 125 Å². The third-order valence-electron chi connectivity index (χ3n) is 2.48. The van der Waals surface area contributed by atoms with E-state index >= 15 is 0 Å². The molecule has 0 fully saturated rings. The van der Waals surface area contributed by atoms with Gasteiger partial charge in [-0.2, -0.15) is 0 Å². The molecule has 1 rings (SSSR count). The lowest BCUT2D eigenvalue weighted by Gasteiger charge is -2.18. The van der Waals surface area contributed by atoms with Crippen molar-refractivity contribution in [3.63, 3.8) is 0 Å². The highest BCUT2D eigenvalue weighted by molar-refractivity contribution is 8.00. The molecule has 3 N–H and O–H groups in total. The summed E-state index contributed by atoms with van der Waals surface area (Å²) in [5.41, 5.74) is 0.761. The fourth-order valence-corrected chi connectivity index (χ4v) is 2.60. The van der Waals surface area contributed by atoms with Gasteiger partial charge in [0.15, 0.2) is 0 Å². The smallest absolute Gasteiger partial charge is 0.319 e. The van der Waals surface area contributed by atoms with E-state index in [1.165, 1.54) is 4.90 Å². The van der Waals surface area contributed by atoms with Crippen molar-refractivity contribution < 1.29 is 9.90 Å². The number of rotatable bonds is 5. The Hall–Kier alpha value is -1.20. The van der Waals surface area contributed by atoms with E-state index in [0.717, 1.165) is 5.69 Å². The van der Waals surface area contributed by atoms with Gasteiger partial charge in [-0.25, -0.2) is 4.79 Å². The first kappa shape index (κ1) is 16.9. The molecule has 0 saturated carbocycles. The van der Waals surface area contributed by atoms with Crippen LogP contribution in [0.15, 0.2) is 29.2 Å². The highest BCUT2D eigenvalue weighted by atomic mass is 32.2. The molecule has 4 nitrogen and oxygen atoms in total. The second-order valence-corrected chi connectivity index (χ2v) is 7.65. The molecule has 0 aliphatic carbocycles. The van der Waals surface area contributed by atoms with Crippen molar-refractivity contribution in [1.29, 1.82) is 0 Å². The molecule has 20 heavy (non-hydrogen) atoms. The van der Waals surface area contributed by atoms with Crippen LogP contribution >= 0.6 is 11.8 Å². The predicted octanol–water partition coefficient (Wildman–Crippen LogP) is 3.47. The van der Waals surface area contributed by atoms with Crippen LogP contribution in [0, 0.1) is 0 Å². The van der Waals surface area contributed by atoms with Crippen LogP contribution in [0.25, 0.3) is 0 Å². The van der Waals surface area contributed by atoms with Crippen molar-refractivity contribution in [2.75, 3.05) is 11.9 Å². The number of urea groups is 1. The van der Waals surface area contributed by atoms with Crippen LogP contribution in [-0.2, 0) is 0 Å². The molecular formula is C15H24N2O2S. The van der Waals surface area contributed by atoms with Gasteiger partial charge < -0.3 is 15.7 Å². The number of hydrogen-bond acceptors (Lipinski definition) is 3. The molecule has 0 aromatic heterocycles. The van der Waals surface area contributed by atoms with Crippen molar-refractivity contribution in [3.8, 4) is 0 Å². The van der Waals surface area contributed by atoms with E-state index < -0.39 is 0 Å². The second kappa shape index (κ2) is 7.55. The zero-order valence-electron chi connectivity index (χ0n) is 12.6. The molecule has 2 amide bonds. The van der Waals surface area contributed by atoms with Gasteiger partial charge in [0.1, 0.15) is 0 Å². The maximum Gasteiger partial charge on any atom is 0.319 e. The molecule has 0 aliphatic rings. The highest BCUT2D eigenvalue weighted by Gasteiger charge is 2.12. The molecular weight excluding hydrogens is 272 g/mol. The summed E-state index contributed by atoms with van der Waals surface area (Å²) in [6, 6.07) is 7.50. The SMILES string of the molecule is C[C@H](CCO)NC(=O)Nc1ccc(SC(C)(C)C)cc1. The van der Waals surface area contributed by atoms with Crippen LogP contribution in [-0.4, -0.2) is 28.5 Å². The summed E-state index contributed by atoms with van der Waals surface area (Å²) in [7, 11) is 0. The lowest BCUT2D eigenvalue weighted by Crippen LogP contribution is -2.36. The molecule has 0 aliphatic heterocycles. The molecule has 5 heteroatoms. The Bertz CT molecular complexity index is 426. The van der Waals surface area contributed by atoms with Crippen LogP contribution < -0.4 is 10.6 Å². The zero-order chi connectivity index (χ0) is 15.2. The highest BCUT2D eigenvalue weighted by Crippen LogP contribution is 2.32. The van der Waals surface area contributed by atoms with Gasteiger partial charge in [-0.15, -0.1) is 11.8 Å². The predicted molar refractivity (Wildman–Crippen MR) is 85.4 cm³/mol. The number of amides is 2. The average molecular weight is 296 g/mol. The molecule has 0 heterocycles. The van der Waals surface area contributed by atoms with Crippen LogP contribution in [0.5, 0.6) is 0 Å². The van der Waals surface area contributed by atoms with Crippen LogP contribution in [0.1, 0.15) is 34.1 Å². The van der Waals surface area contributed by atoms with Gasteiger partial charge in [0.2, 0.25) is 0 Å². The second-order valence-electron chi connectivity index (χ2n) is 5.75. The molecule has 1 atom stereocenters. The minimum atomic E-state index is -0.248. The third kappa shape index (κ3) is 6.82. The van der Waals surface area contributed by atoms with Gasteiger partial charge in [0.25, 0.3) is 0 Å². The Morgan fingerprint density at radius 2 is 1.90 bits per heavy atom. The van der Waals surface area contributed by atoms with E-state index in [4.69, 9.17) is 5.11 Å². The molecule has 112 valence electrons. The van der Waals surface area contributed by atoms with E-state index in [1.807, 2.05) is 31.2 Å². The van der Waals surface area contributed by atoms with E-state index in [0.29, 0.717) is 6.42 Å². The van der Waals surface area contributed by atoms with Crippen molar-refractivity contribution in [2.45, 2.75) is 49.8 Å². The number of aliphatic hydroxyl groups is 1. The lowest BCUT2D eigenvalue weighted by molar-refractivity contribution is 0.241. The summed E-state index contributed by atoms with van der Waals surface area (Å²) >= 11 is 1.79. The minimum Gasteiger partial charge on any atom is -0.396 e. The summed E-state index contributed by atoms with van der Waals surface area (Å²) in [6.45, 7) is 8.43. The maximum atomic E-state index is 11.7. The Morgan fingerprint density at radius 3 is 2.40 bits per heavy atom. The summed E-state index contributed by atoms with van der Waals surface area (Å²) in [5, 5.41) is 14.3. The summed E-state index contributed by atoms with van der Waals surface area (Å²) < 4.78 is 0.173. The van der Waals surface area contributed by atoms with E-state index in [1.54, 1.807) is 11.8 Å². The van der Waals surface area contributed by atoms with Crippen molar-refractivity contribution >= 4 is 23.5 Å². The summed E-state index contributed by atoms with van der Waals surface area (Å²) in [4.78, 5) is 12.9. The molecule has 0 bridgehead atoms. The normalized spacial score (nSPS) is 12.8. The van der Waals surface area contributed by atoms with E-state index in [2.05, 4.69) is 31.4 Å². The molecule has 0 unspecified atom stereocenters. The van der Waals surface area contributed by atoms with Crippen LogP contribution in [0.2, 0.25) is 0 Å². The number of thioether (sulfide) groups is 1. The number of hydrogen-bond donors (Lipinski definition) is 3. The number of anilines is 1. The standard InChI is InChI=1S/C15H24N2O2S/c1-11(9-10-18)16-14(19)17-12-5-7-13(8-6-12)20-15(2,3)4/h5-8,11,18H,9-10H2,1-4H3,(H2,16,17,19)/t11-/m1/s1. The van der Waals surface area contributed by atoms with Crippen molar-refractivity contribution in [2.24, 2.45) is 0 Å². The molecule has 1 aromatic carbocycles. The Kier molecular flexibility index (Phi) is 6.36. The van der Waals surface area contributed by atoms with Crippen LogP contribution in [0.3, 0.4) is 0 Å². The minimum absolute atomic E-state index is 0.0456. The van der Waals surface area contributed by atoms with Crippen molar-refractivity contribution in [1.82, 2.24) is 5.32 Å². The first-order chi connectivity index (χ1) is 9.30. The number of aliphatic hydroxyl groups excluding tert-OH is 1. The van der Waals surface area contributed by atoms with Gasteiger partial charge in [-0.1, -0.05) is 20.8 Å². The van der Waals surface area contributed by atoms with Gasteiger partial charge in [0.05, 0.1) is 0 Å². The lowest BCUT2D eigenvalue weighted by atomic mass is 10.2. The number of carbonyl (C=O) groups is 1. The summed E-state index contributed by atoms with van der Waals surface area (Å²) in [6.07, 6.45) is 0.550. The van der Waals surface area contributed by atoms with Gasteiger partial charge in [-0.05, 0) is 37.6 Å². The molecule has 1 aromatic rings. The Balaban J connectivity index is 2.51. The van der Waals surface area contributed by atoms with E-state index in [9.17, 15) is 4.79 Å². The quantitative estimate of drug-likeness (QED) is 0.729. The fraction of sp³-hybridized carbons (Fsp3) is 0.533. The monoisotopic (exact) mass is 296 g/mol. The summed E-state index contributed by atoms with van der Waals surface area (Å²) in [5.74, 6) is 0. The number of carbonyl (C=O) groups excluding carboxylic acids is 1. The zero-order valence-corrected chi connectivity index (χ0v) is 13.4. The van der Waals surface area contributed by atoms with Gasteiger partial charge in [0, 0.05) is 28.0 Å². The molecule has 0 saturated heterocycles. The number of nitrogens with one attached hydrogen (secondary N) is 2. The van der Waals surface area contributed by atoms with Crippen LogP contribution in [0.4, 0.5) is 10.5 Å². The van der Waals surface area contributed by atoms with Gasteiger partial charge in [-0.3, -0.25) is 0 Å². The van der Waals surface area contributed by atoms with Crippen molar-refractivity contribution in [3.05, 3.63) is 24.3 Å². The average Bonchev–Trinajstić information content (AvgIpc) is 2.30. The van der Waals surface area contributed by atoms with E-state index in [-0.39, 0.29) is 23.4 Å². The first-order valence-corrected chi connectivity index (χ1v) is 7.59. The molecule has 0 spiro atoms. The largest absolute Gasteiger partial charge is 0.396 e. The third-order valence-corrected chi connectivity index (χ3v) is 3.60. The first-order valence-electron chi connectivity index (χ1n) is 6.77. The maximum absolute atomic E-state index is 11.7. The van der Waals surface area contributed by atoms with Gasteiger partial charge >= 0.3 is 6.03 Å². The Morgan fingerprint density at radius 1 is 1.30 bits per heavy atom. The number of benzene rings is 1. The molecule has 0 radical (unpaired) electrons. The fourth-order valence-electron chi connectivity index (χ4n) is 1.62. The topological polar surface area (TPSA) is 61.4 Å².